The van der Waals surface area contributed by atoms with Crippen molar-refractivity contribution in [3.63, 3.8) is 0 Å². The summed E-state index contributed by atoms with van der Waals surface area (Å²) in [5.74, 6) is -0.177. The predicted octanol–water partition coefficient (Wildman–Crippen LogP) is 4.67. The normalized spacial score (nSPS) is 15.1. The Morgan fingerprint density at radius 1 is 1.10 bits per heavy atom. The fraction of sp³-hybridized carbons (Fsp3) is 0.417. The molecule has 29 heavy (non-hydrogen) atoms. The minimum absolute atomic E-state index is 0.0807. The molecule has 1 N–H and O–H groups in total. The minimum atomic E-state index is -0.565. The summed E-state index contributed by atoms with van der Waals surface area (Å²) in [7, 11) is 0. The topological polar surface area (TPSA) is 49.4 Å². The Bertz CT molecular complexity index is 844. The Labute approximate surface area is 178 Å². The van der Waals surface area contributed by atoms with Crippen LogP contribution in [0.5, 0.6) is 0 Å². The molecule has 0 heterocycles. The second-order valence-corrected chi connectivity index (χ2v) is 8.35. The highest BCUT2D eigenvalue weighted by molar-refractivity contribution is 6.31. The summed E-state index contributed by atoms with van der Waals surface area (Å²) in [6, 6.07) is 15.0. The van der Waals surface area contributed by atoms with E-state index in [0.717, 1.165) is 42.4 Å². The maximum Gasteiger partial charge on any atom is 0.242 e. The van der Waals surface area contributed by atoms with E-state index >= 15 is 0 Å². The molecule has 0 spiro atoms. The first-order chi connectivity index (χ1) is 13.9. The lowest BCUT2D eigenvalue weighted by Crippen LogP contribution is -2.50. The molecular weight excluding hydrogens is 384 g/mol. The first-order valence-electron chi connectivity index (χ1n) is 10.3. The zero-order valence-electron chi connectivity index (χ0n) is 17.2. The highest BCUT2D eigenvalue weighted by atomic mass is 35.5. The van der Waals surface area contributed by atoms with Crippen LogP contribution < -0.4 is 5.32 Å². The smallest absolute Gasteiger partial charge is 0.242 e. The van der Waals surface area contributed by atoms with Gasteiger partial charge >= 0.3 is 0 Å². The van der Waals surface area contributed by atoms with Crippen molar-refractivity contribution in [1.29, 1.82) is 0 Å². The third-order valence-electron chi connectivity index (χ3n) is 5.64. The molecule has 0 radical (unpaired) electrons. The minimum Gasteiger partial charge on any atom is -0.352 e. The van der Waals surface area contributed by atoms with Crippen LogP contribution in [0.2, 0.25) is 5.02 Å². The average molecular weight is 413 g/mol. The van der Waals surface area contributed by atoms with Gasteiger partial charge in [0, 0.05) is 17.6 Å². The van der Waals surface area contributed by atoms with Gasteiger partial charge in [0.25, 0.3) is 0 Å². The molecule has 0 unspecified atom stereocenters. The van der Waals surface area contributed by atoms with Crippen molar-refractivity contribution in [1.82, 2.24) is 10.2 Å². The Balaban J connectivity index is 1.77. The maximum absolute atomic E-state index is 13.2. The molecule has 0 bridgehead atoms. The van der Waals surface area contributed by atoms with Gasteiger partial charge in [-0.1, -0.05) is 72.5 Å². The number of carbonyl (C=O) groups excluding carboxylic acids is 2. The number of benzene rings is 2. The van der Waals surface area contributed by atoms with Crippen LogP contribution in [0.25, 0.3) is 0 Å². The van der Waals surface area contributed by atoms with Crippen molar-refractivity contribution >= 4 is 23.4 Å². The molecule has 2 amide bonds. The number of carbonyl (C=O) groups is 2. The molecule has 4 nitrogen and oxygen atoms in total. The van der Waals surface area contributed by atoms with Crippen LogP contribution in [0, 0.1) is 6.92 Å². The number of hydrogen-bond donors (Lipinski definition) is 1. The van der Waals surface area contributed by atoms with E-state index in [2.05, 4.69) is 5.32 Å². The molecule has 2 aromatic carbocycles. The number of nitrogens with one attached hydrogen (secondary N) is 1. The number of hydrogen-bond acceptors (Lipinski definition) is 2. The zero-order chi connectivity index (χ0) is 20.8. The number of amides is 2. The van der Waals surface area contributed by atoms with Crippen LogP contribution in [0.4, 0.5) is 0 Å². The SMILES string of the molecule is Cc1ccc(CC(=O)N(Cc2ccccc2Cl)[C@@H](C)C(=O)NC2CCCC2)cc1. The summed E-state index contributed by atoms with van der Waals surface area (Å²) in [5, 5.41) is 3.72. The van der Waals surface area contributed by atoms with Crippen molar-refractivity contribution in [2.75, 3.05) is 0 Å². The van der Waals surface area contributed by atoms with Gasteiger partial charge in [-0.3, -0.25) is 9.59 Å². The molecule has 154 valence electrons. The van der Waals surface area contributed by atoms with E-state index in [4.69, 9.17) is 11.6 Å². The molecule has 1 saturated carbocycles. The molecule has 0 aromatic heterocycles. The molecular formula is C24H29ClN2O2. The van der Waals surface area contributed by atoms with E-state index in [1.165, 1.54) is 0 Å². The summed E-state index contributed by atoms with van der Waals surface area (Å²) >= 11 is 6.33. The number of nitrogens with zero attached hydrogens (tertiary/aromatic N) is 1. The Morgan fingerprint density at radius 3 is 2.41 bits per heavy atom. The third-order valence-corrected chi connectivity index (χ3v) is 6.01. The summed E-state index contributed by atoms with van der Waals surface area (Å²) in [4.78, 5) is 27.7. The lowest BCUT2D eigenvalue weighted by Gasteiger charge is -2.30. The Kier molecular flexibility index (Phi) is 7.32. The van der Waals surface area contributed by atoms with Crippen LogP contribution in [-0.4, -0.2) is 28.8 Å². The van der Waals surface area contributed by atoms with Gasteiger partial charge in [-0.05, 0) is 43.9 Å². The lowest BCUT2D eigenvalue weighted by molar-refractivity contribution is -0.140. The maximum atomic E-state index is 13.2. The molecule has 0 aliphatic heterocycles. The molecule has 1 aliphatic rings. The monoisotopic (exact) mass is 412 g/mol. The first kappa shape index (κ1) is 21.4. The molecule has 5 heteroatoms. The third kappa shape index (κ3) is 5.83. The Hall–Kier alpha value is -2.33. The molecule has 1 fully saturated rings. The second kappa shape index (κ2) is 9.93. The predicted molar refractivity (Wildman–Crippen MR) is 117 cm³/mol. The van der Waals surface area contributed by atoms with Crippen LogP contribution in [0.3, 0.4) is 0 Å². The summed E-state index contributed by atoms with van der Waals surface area (Å²) in [5.41, 5.74) is 2.93. The second-order valence-electron chi connectivity index (χ2n) is 7.94. The number of halogens is 1. The highest BCUT2D eigenvalue weighted by Gasteiger charge is 2.28. The van der Waals surface area contributed by atoms with E-state index in [1.807, 2.05) is 55.5 Å². The summed E-state index contributed by atoms with van der Waals surface area (Å²) < 4.78 is 0. The molecule has 0 saturated heterocycles. The fourth-order valence-corrected chi connectivity index (χ4v) is 3.96. The van der Waals surface area contributed by atoms with Crippen molar-refractivity contribution in [3.8, 4) is 0 Å². The molecule has 2 aromatic rings. The molecule has 3 rings (SSSR count). The molecule has 1 atom stereocenters. The van der Waals surface area contributed by atoms with Crippen molar-refractivity contribution in [3.05, 3.63) is 70.2 Å². The van der Waals surface area contributed by atoms with Gasteiger partial charge in [0.1, 0.15) is 6.04 Å². The van der Waals surface area contributed by atoms with Crippen molar-refractivity contribution < 1.29 is 9.59 Å². The quantitative estimate of drug-likeness (QED) is 0.718. The Morgan fingerprint density at radius 2 is 1.76 bits per heavy atom. The van der Waals surface area contributed by atoms with Gasteiger partial charge in [0.15, 0.2) is 0 Å². The van der Waals surface area contributed by atoms with Gasteiger partial charge in [0.05, 0.1) is 6.42 Å². The zero-order valence-corrected chi connectivity index (χ0v) is 17.9. The van der Waals surface area contributed by atoms with Crippen LogP contribution >= 0.6 is 11.6 Å². The van der Waals surface area contributed by atoms with Crippen molar-refractivity contribution in [2.45, 2.75) is 64.6 Å². The first-order valence-corrected chi connectivity index (χ1v) is 10.7. The van der Waals surface area contributed by atoms with Crippen LogP contribution in [0.1, 0.15) is 49.3 Å². The van der Waals surface area contributed by atoms with Crippen molar-refractivity contribution in [2.24, 2.45) is 0 Å². The largest absolute Gasteiger partial charge is 0.352 e. The van der Waals surface area contributed by atoms with Crippen LogP contribution in [0.15, 0.2) is 48.5 Å². The van der Waals surface area contributed by atoms with Gasteiger partial charge in [-0.2, -0.15) is 0 Å². The van der Waals surface area contributed by atoms with Crippen LogP contribution in [-0.2, 0) is 22.6 Å². The lowest BCUT2D eigenvalue weighted by atomic mass is 10.1. The van der Waals surface area contributed by atoms with E-state index in [-0.39, 0.29) is 24.3 Å². The van der Waals surface area contributed by atoms with Gasteiger partial charge in [-0.25, -0.2) is 0 Å². The fourth-order valence-electron chi connectivity index (χ4n) is 3.77. The van der Waals surface area contributed by atoms with Gasteiger partial charge in [-0.15, -0.1) is 0 Å². The van der Waals surface area contributed by atoms with E-state index in [9.17, 15) is 9.59 Å². The summed E-state index contributed by atoms with van der Waals surface area (Å²) in [6.45, 7) is 4.13. The summed E-state index contributed by atoms with van der Waals surface area (Å²) in [6.07, 6.45) is 4.58. The van der Waals surface area contributed by atoms with E-state index in [0.29, 0.717) is 11.6 Å². The number of rotatable bonds is 7. The van der Waals surface area contributed by atoms with E-state index in [1.54, 1.807) is 11.8 Å². The van der Waals surface area contributed by atoms with E-state index < -0.39 is 6.04 Å². The van der Waals surface area contributed by atoms with Gasteiger partial charge < -0.3 is 10.2 Å². The number of aryl methyl sites for hydroxylation is 1. The standard InChI is InChI=1S/C24H29ClN2O2/c1-17-11-13-19(14-12-17)15-23(28)27(16-20-7-3-6-10-22(20)25)18(2)24(29)26-21-8-4-5-9-21/h3,6-7,10-14,18,21H,4-5,8-9,15-16H2,1-2H3,(H,26,29)/t18-/m0/s1. The highest BCUT2D eigenvalue weighted by Crippen LogP contribution is 2.21. The average Bonchev–Trinajstić information content (AvgIpc) is 3.21. The van der Waals surface area contributed by atoms with Gasteiger partial charge in [0.2, 0.25) is 11.8 Å². The molecule has 1 aliphatic carbocycles.